The Morgan fingerprint density at radius 2 is 1.70 bits per heavy atom. The summed E-state index contributed by atoms with van der Waals surface area (Å²) in [6.45, 7) is 1.11. The molecule has 0 aromatic heterocycles. The van der Waals surface area contributed by atoms with E-state index in [2.05, 4.69) is 4.72 Å². The lowest BCUT2D eigenvalue weighted by Gasteiger charge is -2.22. The first-order valence-corrected chi connectivity index (χ1v) is 10.2. The monoisotopic (exact) mass is 393 g/mol. The molecule has 146 valence electrons. The number of carbonyl (C=O) groups is 1. The summed E-state index contributed by atoms with van der Waals surface area (Å²) in [5, 5.41) is 0. The van der Waals surface area contributed by atoms with E-state index in [1.165, 1.54) is 18.2 Å². The first kappa shape index (κ1) is 21.0. The van der Waals surface area contributed by atoms with E-state index < -0.39 is 20.7 Å². The van der Waals surface area contributed by atoms with Crippen molar-refractivity contribution >= 4 is 15.9 Å². The standard InChI is InChI=1S/C19H24FN3O3S/c20-17-8-4-5-9-18(17)27(25,26)22-13-10-19(24)23(15-12-21)14-11-16-6-2-1-3-7-16/h1-9,22H,10-15,21H2. The minimum absolute atomic E-state index is 0.0253. The maximum absolute atomic E-state index is 13.7. The van der Waals surface area contributed by atoms with Gasteiger partial charge in [-0.15, -0.1) is 0 Å². The predicted octanol–water partition coefficient (Wildman–Crippen LogP) is 1.52. The van der Waals surface area contributed by atoms with E-state index in [0.29, 0.717) is 26.1 Å². The molecule has 27 heavy (non-hydrogen) atoms. The van der Waals surface area contributed by atoms with Gasteiger partial charge in [0, 0.05) is 32.6 Å². The smallest absolute Gasteiger partial charge is 0.243 e. The number of nitrogens with two attached hydrogens (primary N) is 1. The third-order valence-electron chi connectivity index (χ3n) is 4.02. The van der Waals surface area contributed by atoms with Gasteiger partial charge < -0.3 is 10.6 Å². The number of amides is 1. The van der Waals surface area contributed by atoms with Crippen LogP contribution in [0.2, 0.25) is 0 Å². The van der Waals surface area contributed by atoms with Crippen LogP contribution in [-0.4, -0.2) is 45.4 Å². The predicted molar refractivity (Wildman–Crippen MR) is 102 cm³/mol. The van der Waals surface area contributed by atoms with Crippen LogP contribution in [0.4, 0.5) is 4.39 Å². The van der Waals surface area contributed by atoms with Crippen molar-refractivity contribution in [2.75, 3.05) is 26.2 Å². The number of carbonyl (C=O) groups excluding carboxylic acids is 1. The Hall–Kier alpha value is -2.29. The molecule has 3 N–H and O–H groups in total. The minimum Gasteiger partial charge on any atom is -0.341 e. The number of nitrogens with zero attached hydrogens (tertiary/aromatic N) is 1. The molecule has 2 aromatic rings. The quantitative estimate of drug-likeness (QED) is 0.640. The summed E-state index contributed by atoms with van der Waals surface area (Å²) in [5.74, 6) is -1.03. The van der Waals surface area contributed by atoms with Gasteiger partial charge in [0.15, 0.2) is 0 Å². The van der Waals surface area contributed by atoms with Crippen molar-refractivity contribution in [2.24, 2.45) is 5.73 Å². The van der Waals surface area contributed by atoms with Crippen LogP contribution in [0.1, 0.15) is 12.0 Å². The molecule has 0 fully saturated rings. The fraction of sp³-hybridized carbons (Fsp3) is 0.316. The van der Waals surface area contributed by atoms with Crippen molar-refractivity contribution in [3.8, 4) is 0 Å². The highest BCUT2D eigenvalue weighted by Gasteiger charge is 2.19. The van der Waals surface area contributed by atoms with Crippen LogP contribution in [0.3, 0.4) is 0 Å². The van der Waals surface area contributed by atoms with Gasteiger partial charge in [-0.3, -0.25) is 4.79 Å². The molecule has 2 aromatic carbocycles. The maximum atomic E-state index is 13.7. The third-order valence-corrected chi connectivity index (χ3v) is 5.52. The maximum Gasteiger partial charge on any atom is 0.243 e. The molecule has 0 radical (unpaired) electrons. The number of rotatable bonds is 10. The molecule has 8 heteroatoms. The van der Waals surface area contributed by atoms with Crippen molar-refractivity contribution in [3.63, 3.8) is 0 Å². The van der Waals surface area contributed by atoms with Crippen LogP contribution >= 0.6 is 0 Å². The third kappa shape index (κ3) is 6.42. The Bertz CT molecular complexity index is 844. The fourth-order valence-electron chi connectivity index (χ4n) is 2.62. The van der Waals surface area contributed by atoms with Gasteiger partial charge in [-0.2, -0.15) is 0 Å². The average molecular weight is 393 g/mol. The van der Waals surface area contributed by atoms with E-state index in [1.54, 1.807) is 4.90 Å². The molecule has 0 unspecified atom stereocenters. The highest BCUT2D eigenvalue weighted by Crippen LogP contribution is 2.13. The fourth-order valence-corrected chi connectivity index (χ4v) is 3.73. The lowest BCUT2D eigenvalue weighted by atomic mass is 10.1. The van der Waals surface area contributed by atoms with E-state index in [0.717, 1.165) is 11.6 Å². The average Bonchev–Trinajstić information content (AvgIpc) is 2.66. The van der Waals surface area contributed by atoms with E-state index in [-0.39, 0.29) is 18.9 Å². The van der Waals surface area contributed by atoms with Crippen molar-refractivity contribution in [2.45, 2.75) is 17.7 Å². The summed E-state index contributed by atoms with van der Waals surface area (Å²) < 4.78 is 40.2. The van der Waals surface area contributed by atoms with E-state index in [9.17, 15) is 17.6 Å². The molecular weight excluding hydrogens is 369 g/mol. The molecular formula is C19H24FN3O3S. The molecule has 0 bridgehead atoms. The summed E-state index contributed by atoms with van der Waals surface area (Å²) in [7, 11) is -4.00. The summed E-state index contributed by atoms with van der Waals surface area (Å²) >= 11 is 0. The second-order valence-electron chi connectivity index (χ2n) is 5.98. The Labute approximate surface area is 159 Å². The Balaban J connectivity index is 1.89. The number of hydrogen-bond donors (Lipinski definition) is 2. The Kier molecular flexibility index (Phi) is 7.90. The van der Waals surface area contributed by atoms with Crippen LogP contribution in [0.25, 0.3) is 0 Å². The van der Waals surface area contributed by atoms with Crippen LogP contribution in [0.15, 0.2) is 59.5 Å². The SMILES string of the molecule is NCCN(CCc1ccccc1)C(=O)CCNS(=O)(=O)c1ccccc1F. The largest absolute Gasteiger partial charge is 0.341 e. The molecule has 2 rings (SSSR count). The molecule has 0 aliphatic heterocycles. The van der Waals surface area contributed by atoms with Gasteiger partial charge in [0.25, 0.3) is 0 Å². The van der Waals surface area contributed by atoms with Gasteiger partial charge >= 0.3 is 0 Å². The van der Waals surface area contributed by atoms with Gasteiger partial charge in [0.05, 0.1) is 0 Å². The lowest BCUT2D eigenvalue weighted by molar-refractivity contribution is -0.130. The number of halogens is 1. The summed E-state index contributed by atoms with van der Waals surface area (Å²) in [4.78, 5) is 13.6. The van der Waals surface area contributed by atoms with Crippen molar-refractivity contribution in [1.29, 1.82) is 0 Å². The molecule has 0 atom stereocenters. The van der Waals surface area contributed by atoms with E-state index >= 15 is 0 Å². The first-order valence-electron chi connectivity index (χ1n) is 8.70. The topological polar surface area (TPSA) is 92.5 Å². The number of sulfonamides is 1. The van der Waals surface area contributed by atoms with Crippen molar-refractivity contribution in [3.05, 3.63) is 66.0 Å². The van der Waals surface area contributed by atoms with E-state index in [1.807, 2.05) is 30.3 Å². The van der Waals surface area contributed by atoms with Gasteiger partial charge in [-0.1, -0.05) is 42.5 Å². The number of nitrogens with one attached hydrogen (secondary N) is 1. The van der Waals surface area contributed by atoms with E-state index in [4.69, 9.17) is 5.73 Å². The second-order valence-corrected chi connectivity index (χ2v) is 7.72. The summed E-state index contributed by atoms with van der Waals surface area (Å²) in [6, 6.07) is 14.9. The summed E-state index contributed by atoms with van der Waals surface area (Å²) in [6.07, 6.45) is 0.663. The zero-order chi connectivity index (χ0) is 19.7. The molecule has 0 aliphatic rings. The molecule has 0 aliphatic carbocycles. The van der Waals surface area contributed by atoms with Gasteiger partial charge in [0.2, 0.25) is 15.9 Å². The highest BCUT2D eigenvalue weighted by molar-refractivity contribution is 7.89. The normalized spacial score (nSPS) is 11.3. The zero-order valence-electron chi connectivity index (χ0n) is 15.0. The molecule has 0 saturated carbocycles. The molecule has 1 amide bonds. The summed E-state index contributed by atoms with van der Waals surface area (Å²) in [5.41, 5.74) is 6.68. The van der Waals surface area contributed by atoms with Crippen LogP contribution in [0, 0.1) is 5.82 Å². The van der Waals surface area contributed by atoms with Crippen LogP contribution in [0.5, 0.6) is 0 Å². The number of benzene rings is 2. The Morgan fingerprint density at radius 3 is 2.37 bits per heavy atom. The first-order chi connectivity index (χ1) is 12.9. The Morgan fingerprint density at radius 1 is 1.04 bits per heavy atom. The highest BCUT2D eigenvalue weighted by atomic mass is 32.2. The van der Waals surface area contributed by atoms with Crippen LogP contribution in [-0.2, 0) is 21.2 Å². The van der Waals surface area contributed by atoms with Gasteiger partial charge in [0.1, 0.15) is 10.7 Å². The van der Waals surface area contributed by atoms with Crippen molar-refractivity contribution < 1.29 is 17.6 Å². The van der Waals surface area contributed by atoms with Gasteiger partial charge in [-0.05, 0) is 24.1 Å². The number of hydrogen-bond acceptors (Lipinski definition) is 4. The molecule has 0 spiro atoms. The van der Waals surface area contributed by atoms with Crippen molar-refractivity contribution in [1.82, 2.24) is 9.62 Å². The van der Waals surface area contributed by atoms with Crippen LogP contribution < -0.4 is 10.5 Å². The molecule has 6 nitrogen and oxygen atoms in total. The minimum atomic E-state index is -4.00. The lowest BCUT2D eigenvalue weighted by Crippen LogP contribution is -2.38. The molecule has 0 heterocycles. The van der Waals surface area contributed by atoms with Gasteiger partial charge in [-0.25, -0.2) is 17.5 Å². The second kappa shape index (κ2) is 10.1. The molecule has 0 saturated heterocycles. The zero-order valence-corrected chi connectivity index (χ0v) is 15.8.